The van der Waals surface area contributed by atoms with Crippen molar-refractivity contribution in [3.05, 3.63) is 35.4 Å². The Bertz CT molecular complexity index is 572. The van der Waals surface area contributed by atoms with Gasteiger partial charge in [0.25, 0.3) is 0 Å². The summed E-state index contributed by atoms with van der Waals surface area (Å²) in [5, 5.41) is 12.4. The third kappa shape index (κ3) is 4.76. The van der Waals surface area contributed by atoms with Crippen LogP contribution in [0.1, 0.15) is 36.8 Å². The van der Waals surface area contributed by atoms with Crippen LogP contribution in [0.15, 0.2) is 24.3 Å². The molecule has 0 unspecified atom stereocenters. The molecule has 2 fully saturated rings. The third-order valence-corrected chi connectivity index (χ3v) is 5.15. The summed E-state index contributed by atoms with van der Waals surface area (Å²) in [6.07, 6.45) is 3.11. The van der Waals surface area contributed by atoms with E-state index >= 15 is 0 Å². The number of nitrogens with zero attached hydrogens (tertiary/aromatic N) is 2. The molecule has 0 spiro atoms. The zero-order valence-electron chi connectivity index (χ0n) is 14.1. The standard InChI is InChI=1S/C19H26FN3O/c20-19(6-10-24-11-7-19)15-22-18-4-8-23(9-5-18)14-17-3-1-2-16(12-17)13-21/h1-3,12,18,22H,4-11,14-15H2. The first kappa shape index (κ1) is 17.3. The summed E-state index contributed by atoms with van der Waals surface area (Å²) in [5.74, 6) is 0. The Morgan fingerprint density at radius 1 is 1.29 bits per heavy atom. The van der Waals surface area contributed by atoms with Gasteiger partial charge in [-0.1, -0.05) is 12.1 Å². The number of rotatable bonds is 5. The van der Waals surface area contributed by atoms with Gasteiger partial charge in [-0.15, -0.1) is 0 Å². The van der Waals surface area contributed by atoms with Crippen molar-refractivity contribution < 1.29 is 9.13 Å². The van der Waals surface area contributed by atoms with E-state index < -0.39 is 5.67 Å². The number of hydrogen-bond donors (Lipinski definition) is 1. The largest absolute Gasteiger partial charge is 0.381 e. The molecule has 1 aromatic rings. The molecule has 3 rings (SSSR count). The van der Waals surface area contributed by atoms with Crippen molar-refractivity contribution in [1.29, 1.82) is 5.26 Å². The van der Waals surface area contributed by atoms with Crippen molar-refractivity contribution in [2.75, 3.05) is 32.8 Å². The van der Waals surface area contributed by atoms with Crippen LogP contribution in [0.4, 0.5) is 4.39 Å². The number of hydrogen-bond acceptors (Lipinski definition) is 4. The van der Waals surface area contributed by atoms with Crippen LogP contribution in [0.5, 0.6) is 0 Å². The van der Waals surface area contributed by atoms with Gasteiger partial charge >= 0.3 is 0 Å². The van der Waals surface area contributed by atoms with Gasteiger partial charge in [-0.2, -0.15) is 5.26 Å². The topological polar surface area (TPSA) is 48.3 Å². The van der Waals surface area contributed by atoms with Crippen LogP contribution in [0.2, 0.25) is 0 Å². The molecule has 24 heavy (non-hydrogen) atoms. The quantitative estimate of drug-likeness (QED) is 0.901. The van der Waals surface area contributed by atoms with Gasteiger partial charge in [0.15, 0.2) is 0 Å². The van der Waals surface area contributed by atoms with Crippen molar-refractivity contribution >= 4 is 0 Å². The zero-order chi connectivity index (χ0) is 16.8. The van der Waals surface area contributed by atoms with E-state index in [1.54, 1.807) is 0 Å². The molecule has 2 heterocycles. The molecule has 130 valence electrons. The molecular formula is C19H26FN3O. The second-order valence-electron chi connectivity index (χ2n) is 7.01. The molecule has 0 amide bonds. The molecule has 1 aromatic carbocycles. The minimum atomic E-state index is -1.09. The smallest absolute Gasteiger partial charge is 0.127 e. The second-order valence-corrected chi connectivity index (χ2v) is 7.01. The highest BCUT2D eigenvalue weighted by atomic mass is 19.1. The van der Waals surface area contributed by atoms with E-state index in [0.29, 0.717) is 44.2 Å². The maximum absolute atomic E-state index is 14.6. The van der Waals surface area contributed by atoms with Crippen molar-refractivity contribution in [1.82, 2.24) is 10.2 Å². The van der Waals surface area contributed by atoms with Gasteiger partial charge in [0.05, 0.1) is 11.6 Å². The third-order valence-electron chi connectivity index (χ3n) is 5.15. The summed E-state index contributed by atoms with van der Waals surface area (Å²) in [7, 11) is 0. The van der Waals surface area contributed by atoms with Crippen LogP contribution in [0, 0.1) is 11.3 Å². The van der Waals surface area contributed by atoms with E-state index in [2.05, 4.69) is 22.4 Å². The molecule has 5 heteroatoms. The summed E-state index contributed by atoms with van der Waals surface area (Å²) in [6, 6.07) is 10.4. The average Bonchev–Trinajstić information content (AvgIpc) is 2.62. The average molecular weight is 331 g/mol. The number of likely N-dealkylation sites (tertiary alicyclic amines) is 1. The van der Waals surface area contributed by atoms with Crippen molar-refractivity contribution in [2.24, 2.45) is 0 Å². The Kier molecular flexibility index (Phi) is 5.83. The normalized spacial score (nSPS) is 22.2. The monoisotopic (exact) mass is 331 g/mol. The molecule has 0 bridgehead atoms. The lowest BCUT2D eigenvalue weighted by atomic mass is 9.95. The summed E-state index contributed by atoms with van der Waals surface area (Å²) >= 11 is 0. The number of piperidine rings is 1. The summed E-state index contributed by atoms with van der Waals surface area (Å²) in [5.41, 5.74) is 0.812. The maximum Gasteiger partial charge on any atom is 0.127 e. The number of benzene rings is 1. The van der Waals surface area contributed by atoms with Gasteiger partial charge in [0.2, 0.25) is 0 Å². The molecule has 2 aliphatic heterocycles. The number of halogens is 1. The Hall–Kier alpha value is -1.48. The van der Waals surface area contributed by atoms with Gasteiger partial charge in [0, 0.05) is 45.2 Å². The van der Waals surface area contributed by atoms with Gasteiger partial charge in [-0.3, -0.25) is 4.90 Å². The van der Waals surface area contributed by atoms with Gasteiger partial charge in [0.1, 0.15) is 5.67 Å². The van der Waals surface area contributed by atoms with Crippen LogP contribution in [-0.2, 0) is 11.3 Å². The molecule has 2 saturated heterocycles. The molecule has 0 aliphatic carbocycles. The van der Waals surface area contributed by atoms with E-state index in [-0.39, 0.29) is 0 Å². The number of nitrogens with one attached hydrogen (secondary N) is 1. The van der Waals surface area contributed by atoms with Gasteiger partial charge < -0.3 is 10.1 Å². The van der Waals surface area contributed by atoms with Gasteiger partial charge in [-0.25, -0.2) is 4.39 Å². The fraction of sp³-hybridized carbons (Fsp3) is 0.632. The molecule has 1 N–H and O–H groups in total. The van der Waals surface area contributed by atoms with Crippen LogP contribution in [0.25, 0.3) is 0 Å². The SMILES string of the molecule is N#Cc1cccc(CN2CCC(NCC3(F)CCOCC3)CC2)c1. The summed E-state index contributed by atoms with van der Waals surface area (Å²) < 4.78 is 19.8. The predicted octanol–water partition coefficient (Wildman–Crippen LogP) is 2.63. The Morgan fingerprint density at radius 2 is 2.04 bits per heavy atom. The Balaban J connectivity index is 1.41. The zero-order valence-corrected chi connectivity index (χ0v) is 14.1. The molecular weight excluding hydrogens is 305 g/mol. The lowest BCUT2D eigenvalue weighted by Crippen LogP contribution is -2.48. The van der Waals surface area contributed by atoms with E-state index in [1.165, 1.54) is 5.56 Å². The van der Waals surface area contributed by atoms with E-state index in [4.69, 9.17) is 10.00 Å². The summed E-state index contributed by atoms with van der Waals surface area (Å²) in [4.78, 5) is 2.41. The predicted molar refractivity (Wildman–Crippen MR) is 91.4 cm³/mol. The molecule has 0 aromatic heterocycles. The van der Waals surface area contributed by atoms with Crippen LogP contribution >= 0.6 is 0 Å². The molecule has 2 aliphatic rings. The van der Waals surface area contributed by atoms with Crippen LogP contribution in [-0.4, -0.2) is 49.5 Å². The number of nitriles is 1. The lowest BCUT2D eigenvalue weighted by molar-refractivity contribution is -0.0101. The van der Waals surface area contributed by atoms with E-state index in [0.717, 1.165) is 32.5 Å². The number of ether oxygens (including phenoxy) is 1. The highest BCUT2D eigenvalue weighted by molar-refractivity contribution is 5.32. The minimum Gasteiger partial charge on any atom is -0.381 e. The van der Waals surface area contributed by atoms with Crippen molar-refractivity contribution in [3.63, 3.8) is 0 Å². The highest BCUT2D eigenvalue weighted by Gasteiger charge is 2.33. The Morgan fingerprint density at radius 3 is 2.75 bits per heavy atom. The lowest BCUT2D eigenvalue weighted by Gasteiger charge is -2.35. The molecule has 0 saturated carbocycles. The molecule has 0 atom stereocenters. The fourth-order valence-electron chi connectivity index (χ4n) is 3.53. The maximum atomic E-state index is 14.6. The first-order valence-electron chi connectivity index (χ1n) is 8.88. The van der Waals surface area contributed by atoms with Crippen LogP contribution < -0.4 is 5.32 Å². The van der Waals surface area contributed by atoms with Crippen molar-refractivity contribution in [2.45, 2.75) is 43.9 Å². The van der Waals surface area contributed by atoms with Gasteiger partial charge in [-0.05, 0) is 43.6 Å². The second kappa shape index (κ2) is 8.06. The Labute approximate surface area is 143 Å². The van der Waals surface area contributed by atoms with Crippen LogP contribution in [0.3, 0.4) is 0 Å². The van der Waals surface area contributed by atoms with E-state index in [1.807, 2.05) is 18.2 Å². The first-order valence-corrected chi connectivity index (χ1v) is 8.88. The number of alkyl halides is 1. The first-order chi connectivity index (χ1) is 11.7. The van der Waals surface area contributed by atoms with E-state index in [9.17, 15) is 4.39 Å². The highest BCUT2D eigenvalue weighted by Crippen LogP contribution is 2.25. The fourth-order valence-corrected chi connectivity index (χ4v) is 3.53. The molecule has 4 nitrogen and oxygen atoms in total. The minimum absolute atomic E-state index is 0.405. The van der Waals surface area contributed by atoms with Crippen molar-refractivity contribution in [3.8, 4) is 6.07 Å². The molecule has 0 radical (unpaired) electrons. The summed E-state index contributed by atoms with van der Waals surface area (Å²) in [6.45, 7) is 4.43.